The number of aryl methyl sites for hydroxylation is 2. The van der Waals surface area contributed by atoms with Crippen LogP contribution in [0.15, 0.2) is 35.5 Å². The number of nitrogens with zero attached hydrogens (tertiary/aromatic N) is 2. The zero-order chi connectivity index (χ0) is 16.5. The van der Waals surface area contributed by atoms with Gasteiger partial charge in [0, 0.05) is 17.6 Å². The quantitative estimate of drug-likeness (QED) is 0.288. The van der Waals surface area contributed by atoms with Crippen LogP contribution >= 0.6 is 35.3 Å². The number of guanidine groups is 1. The van der Waals surface area contributed by atoms with E-state index in [-0.39, 0.29) is 24.0 Å². The average molecular weight is 460 g/mol. The fourth-order valence-electron chi connectivity index (χ4n) is 2.01. The lowest BCUT2D eigenvalue weighted by Gasteiger charge is -2.12. The lowest BCUT2D eigenvalue weighted by Crippen LogP contribution is -2.39. The minimum absolute atomic E-state index is 0. The number of benzene rings is 1. The van der Waals surface area contributed by atoms with Gasteiger partial charge in [-0.25, -0.2) is 9.98 Å². The van der Waals surface area contributed by atoms with Crippen molar-refractivity contribution in [3.05, 3.63) is 45.9 Å². The molecule has 7 heteroatoms. The number of nitrogens with one attached hydrogen (secondary N) is 2. The summed E-state index contributed by atoms with van der Waals surface area (Å²) in [6, 6.07) is 8.06. The molecule has 0 unspecified atom stereocenters. The van der Waals surface area contributed by atoms with Crippen molar-refractivity contribution in [3.63, 3.8) is 0 Å². The third kappa shape index (κ3) is 7.48. The summed E-state index contributed by atoms with van der Waals surface area (Å²) in [4.78, 5) is 10.1. The SMILES string of the molecule is CCNC(=NCc1ncc(C)s1)NCCOc1cccc(C)c1.I. The summed E-state index contributed by atoms with van der Waals surface area (Å²) in [6.07, 6.45) is 1.88. The number of rotatable bonds is 7. The standard InChI is InChI=1S/C17H24N4OS.HI/c1-4-18-17(21-12-16-20-11-14(3)23-16)19-8-9-22-15-7-5-6-13(2)10-15;/h5-7,10-11H,4,8-9,12H2,1-3H3,(H2,18,19,21);1H. The van der Waals surface area contributed by atoms with Crippen LogP contribution in [0.1, 0.15) is 22.4 Å². The van der Waals surface area contributed by atoms with E-state index in [4.69, 9.17) is 4.74 Å². The largest absolute Gasteiger partial charge is 0.492 e. The minimum Gasteiger partial charge on any atom is -0.492 e. The van der Waals surface area contributed by atoms with Crippen LogP contribution in [-0.4, -0.2) is 30.6 Å². The van der Waals surface area contributed by atoms with Crippen molar-refractivity contribution < 1.29 is 4.74 Å². The predicted octanol–water partition coefficient (Wildman–Crippen LogP) is 3.51. The van der Waals surface area contributed by atoms with Gasteiger partial charge in [-0.1, -0.05) is 12.1 Å². The maximum Gasteiger partial charge on any atom is 0.191 e. The van der Waals surface area contributed by atoms with Crippen molar-refractivity contribution in [1.82, 2.24) is 15.6 Å². The molecule has 0 bridgehead atoms. The maximum atomic E-state index is 5.73. The Hall–Kier alpha value is -1.35. The fraction of sp³-hybridized carbons (Fsp3) is 0.412. The van der Waals surface area contributed by atoms with Crippen molar-refractivity contribution >= 4 is 41.3 Å². The molecule has 2 N–H and O–H groups in total. The van der Waals surface area contributed by atoms with Gasteiger partial charge in [-0.2, -0.15) is 0 Å². The molecule has 0 saturated carbocycles. The Morgan fingerprint density at radius 2 is 2.12 bits per heavy atom. The van der Waals surface area contributed by atoms with Crippen molar-refractivity contribution in [3.8, 4) is 5.75 Å². The van der Waals surface area contributed by atoms with E-state index in [2.05, 4.69) is 40.5 Å². The van der Waals surface area contributed by atoms with E-state index in [1.807, 2.05) is 31.3 Å². The van der Waals surface area contributed by atoms with Crippen LogP contribution in [-0.2, 0) is 6.54 Å². The molecule has 0 aliphatic heterocycles. The molecule has 5 nitrogen and oxygen atoms in total. The number of aliphatic imine (C=N–C) groups is 1. The average Bonchev–Trinajstić information content (AvgIpc) is 2.94. The van der Waals surface area contributed by atoms with Gasteiger partial charge in [0.2, 0.25) is 0 Å². The van der Waals surface area contributed by atoms with Gasteiger partial charge in [0.1, 0.15) is 17.4 Å². The van der Waals surface area contributed by atoms with Crippen molar-refractivity contribution in [1.29, 1.82) is 0 Å². The molecule has 24 heavy (non-hydrogen) atoms. The normalized spacial score (nSPS) is 10.9. The highest BCUT2D eigenvalue weighted by atomic mass is 127. The number of hydrogen-bond acceptors (Lipinski definition) is 4. The number of thiazole rings is 1. The first-order valence-electron chi connectivity index (χ1n) is 7.80. The lowest BCUT2D eigenvalue weighted by molar-refractivity contribution is 0.321. The van der Waals surface area contributed by atoms with E-state index in [9.17, 15) is 0 Å². The molecule has 2 aromatic rings. The molecule has 1 aromatic heterocycles. The summed E-state index contributed by atoms with van der Waals surface area (Å²) in [5.74, 6) is 1.68. The molecule has 0 amide bonds. The maximum absolute atomic E-state index is 5.73. The van der Waals surface area contributed by atoms with E-state index in [1.165, 1.54) is 10.4 Å². The van der Waals surface area contributed by atoms with Gasteiger partial charge in [-0.3, -0.25) is 0 Å². The molecule has 0 saturated heterocycles. The number of aromatic nitrogens is 1. The molecule has 1 aromatic carbocycles. The number of ether oxygens (including phenoxy) is 1. The topological polar surface area (TPSA) is 58.5 Å². The number of hydrogen-bond donors (Lipinski definition) is 2. The molecule has 2 rings (SSSR count). The van der Waals surface area contributed by atoms with Crippen molar-refractivity contribution in [2.75, 3.05) is 19.7 Å². The second-order valence-corrected chi connectivity index (χ2v) is 6.47. The molecular weight excluding hydrogens is 435 g/mol. The number of halogens is 1. The molecule has 0 radical (unpaired) electrons. The summed E-state index contributed by atoms with van der Waals surface area (Å²) in [7, 11) is 0. The first-order valence-corrected chi connectivity index (χ1v) is 8.62. The summed E-state index contributed by atoms with van der Waals surface area (Å²) < 4.78 is 5.73. The van der Waals surface area contributed by atoms with Gasteiger partial charge in [-0.05, 0) is 38.5 Å². The van der Waals surface area contributed by atoms with Crippen LogP contribution in [0.2, 0.25) is 0 Å². The van der Waals surface area contributed by atoms with Gasteiger partial charge in [0.15, 0.2) is 5.96 Å². The van der Waals surface area contributed by atoms with Crippen LogP contribution in [0.3, 0.4) is 0 Å². The first kappa shape index (κ1) is 20.7. The van der Waals surface area contributed by atoms with Crippen LogP contribution in [0, 0.1) is 13.8 Å². The third-order valence-electron chi connectivity index (χ3n) is 3.04. The van der Waals surface area contributed by atoms with Crippen LogP contribution in [0.4, 0.5) is 0 Å². The highest BCUT2D eigenvalue weighted by Gasteiger charge is 2.01. The van der Waals surface area contributed by atoms with E-state index >= 15 is 0 Å². The highest BCUT2D eigenvalue weighted by molar-refractivity contribution is 14.0. The van der Waals surface area contributed by atoms with Crippen LogP contribution in [0.25, 0.3) is 0 Å². The predicted molar refractivity (Wildman–Crippen MR) is 112 cm³/mol. The molecule has 132 valence electrons. The molecule has 0 fully saturated rings. The second-order valence-electron chi connectivity index (χ2n) is 5.15. The Morgan fingerprint density at radius 1 is 1.29 bits per heavy atom. The van der Waals surface area contributed by atoms with Gasteiger partial charge < -0.3 is 15.4 Å². The zero-order valence-corrected chi connectivity index (χ0v) is 17.5. The fourth-order valence-corrected chi connectivity index (χ4v) is 2.72. The van der Waals surface area contributed by atoms with E-state index in [0.29, 0.717) is 19.7 Å². The Bertz CT molecular complexity index is 645. The molecule has 0 spiro atoms. The molecule has 1 heterocycles. The zero-order valence-electron chi connectivity index (χ0n) is 14.3. The Labute approximate surface area is 165 Å². The van der Waals surface area contributed by atoms with Gasteiger partial charge in [0.25, 0.3) is 0 Å². The smallest absolute Gasteiger partial charge is 0.191 e. The lowest BCUT2D eigenvalue weighted by atomic mass is 10.2. The summed E-state index contributed by atoms with van der Waals surface area (Å²) in [5.41, 5.74) is 1.20. The van der Waals surface area contributed by atoms with Crippen molar-refractivity contribution in [2.45, 2.75) is 27.3 Å². The van der Waals surface area contributed by atoms with E-state index in [0.717, 1.165) is 23.3 Å². The third-order valence-corrected chi connectivity index (χ3v) is 3.94. The molecule has 0 aliphatic carbocycles. The monoisotopic (exact) mass is 460 g/mol. The van der Waals surface area contributed by atoms with E-state index < -0.39 is 0 Å². The van der Waals surface area contributed by atoms with Crippen LogP contribution < -0.4 is 15.4 Å². The second kappa shape index (κ2) is 11.2. The van der Waals surface area contributed by atoms with Crippen molar-refractivity contribution in [2.24, 2.45) is 4.99 Å². The molecular formula is C17H25IN4OS. The van der Waals surface area contributed by atoms with Gasteiger partial charge >= 0.3 is 0 Å². The minimum atomic E-state index is 0. The summed E-state index contributed by atoms with van der Waals surface area (Å²) in [6.45, 7) is 8.85. The van der Waals surface area contributed by atoms with Gasteiger partial charge in [-0.15, -0.1) is 35.3 Å². The Balaban J connectivity index is 0.00000288. The summed E-state index contributed by atoms with van der Waals surface area (Å²) in [5, 5.41) is 7.52. The Morgan fingerprint density at radius 3 is 2.79 bits per heavy atom. The first-order chi connectivity index (χ1) is 11.2. The van der Waals surface area contributed by atoms with Gasteiger partial charge in [0.05, 0.1) is 13.1 Å². The van der Waals surface area contributed by atoms with E-state index in [1.54, 1.807) is 11.3 Å². The summed E-state index contributed by atoms with van der Waals surface area (Å²) >= 11 is 1.68. The molecule has 0 aliphatic rings. The Kier molecular flexibility index (Phi) is 9.70. The molecule has 0 atom stereocenters. The van der Waals surface area contributed by atoms with Crippen LogP contribution in [0.5, 0.6) is 5.75 Å². The highest BCUT2D eigenvalue weighted by Crippen LogP contribution is 2.12.